The Hall–Kier alpha value is -2.11. The molecule has 5 heteroatoms. The van der Waals surface area contributed by atoms with Gasteiger partial charge in [-0.15, -0.1) is 5.10 Å². The van der Waals surface area contributed by atoms with E-state index in [0.717, 1.165) is 17.9 Å². The van der Waals surface area contributed by atoms with E-state index in [0.29, 0.717) is 17.3 Å². The van der Waals surface area contributed by atoms with Crippen LogP contribution in [0, 0.1) is 0 Å². The van der Waals surface area contributed by atoms with E-state index in [1.807, 2.05) is 24.3 Å². The average molecular weight is 383 g/mol. The van der Waals surface area contributed by atoms with Gasteiger partial charge in [0.15, 0.2) is 5.17 Å². The van der Waals surface area contributed by atoms with E-state index in [-0.39, 0.29) is 0 Å². The van der Waals surface area contributed by atoms with Crippen molar-refractivity contribution < 1.29 is 0 Å². The molecule has 144 valence electrons. The summed E-state index contributed by atoms with van der Waals surface area (Å²) in [6.07, 6.45) is 1.76. The fourth-order valence-electron chi connectivity index (χ4n) is 2.86. The summed E-state index contributed by atoms with van der Waals surface area (Å²) in [5.41, 5.74) is 9.47. The van der Waals surface area contributed by atoms with Crippen LogP contribution in [0.1, 0.15) is 44.4 Å². The van der Waals surface area contributed by atoms with Gasteiger partial charge in [0.1, 0.15) is 0 Å². The van der Waals surface area contributed by atoms with Crippen LogP contribution in [0.4, 0.5) is 0 Å². The number of thioether (sulfide) groups is 1. The van der Waals surface area contributed by atoms with Gasteiger partial charge in [0.25, 0.3) is 0 Å². The van der Waals surface area contributed by atoms with E-state index in [4.69, 9.17) is 5.73 Å². The summed E-state index contributed by atoms with van der Waals surface area (Å²) in [5, 5.41) is 8.72. The Morgan fingerprint density at radius 3 is 2.33 bits per heavy atom. The van der Waals surface area contributed by atoms with Gasteiger partial charge in [-0.1, -0.05) is 60.3 Å². The Morgan fingerprint density at radius 1 is 1.00 bits per heavy atom. The van der Waals surface area contributed by atoms with Gasteiger partial charge in [-0.25, -0.2) is 0 Å². The Balaban J connectivity index is 1.94. The fourth-order valence-corrected chi connectivity index (χ4v) is 3.47. The first kappa shape index (κ1) is 21.2. The molecule has 0 aliphatic rings. The molecular weight excluding hydrogens is 352 g/mol. The number of hydrogen-bond acceptors (Lipinski definition) is 4. The van der Waals surface area contributed by atoms with Gasteiger partial charge in [0.2, 0.25) is 0 Å². The lowest BCUT2D eigenvalue weighted by atomic mass is 10.1. The van der Waals surface area contributed by atoms with Crippen molar-refractivity contribution in [2.75, 3.05) is 0 Å². The van der Waals surface area contributed by atoms with Crippen LogP contribution in [0.25, 0.3) is 0 Å². The zero-order valence-electron chi connectivity index (χ0n) is 16.7. The third kappa shape index (κ3) is 7.57. The van der Waals surface area contributed by atoms with E-state index in [2.05, 4.69) is 73.1 Å². The second kappa shape index (κ2) is 10.9. The summed E-state index contributed by atoms with van der Waals surface area (Å²) in [6, 6.07) is 19.6. The van der Waals surface area contributed by atoms with Gasteiger partial charge < -0.3 is 5.73 Å². The highest BCUT2D eigenvalue weighted by Crippen LogP contribution is 2.14. The number of rotatable bonds is 8. The van der Waals surface area contributed by atoms with Crippen molar-refractivity contribution in [1.29, 1.82) is 0 Å². The highest BCUT2D eigenvalue weighted by Gasteiger charge is 2.13. The second-order valence-electron chi connectivity index (χ2n) is 7.06. The molecule has 0 aliphatic carbocycles. The third-order valence-corrected chi connectivity index (χ3v) is 5.09. The standard InChI is InChI=1S/C22H30N4S/c1-17(2)26(18(3)4)15-21-12-8-11-20(13-21)14-24-25-22(23)27-16-19-9-6-5-7-10-19/h5-14,17-18H,15-16H2,1-4H3,(H2,23,25). The molecule has 2 aromatic rings. The Labute approximate surface area is 167 Å². The molecule has 27 heavy (non-hydrogen) atoms. The van der Waals surface area contributed by atoms with Crippen molar-refractivity contribution in [3.63, 3.8) is 0 Å². The smallest absolute Gasteiger partial charge is 0.180 e. The zero-order valence-corrected chi connectivity index (χ0v) is 17.5. The maximum absolute atomic E-state index is 5.94. The molecule has 0 radical (unpaired) electrons. The predicted octanol–water partition coefficient (Wildman–Crippen LogP) is 4.89. The zero-order chi connectivity index (χ0) is 19.6. The van der Waals surface area contributed by atoms with Crippen LogP contribution in [0.5, 0.6) is 0 Å². The van der Waals surface area contributed by atoms with Crippen LogP contribution in [-0.4, -0.2) is 28.4 Å². The van der Waals surface area contributed by atoms with Crippen LogP contribution in [-0.2, 0) is 12.3 Å². The maximum Gasteiger partial charge on any atom is 0.180 e. The van der Waals surface area contributed by atoms with Gasteiger partial charge in [-0.3, -0.25) is 4.90 Å². The molecule has 2 rings (SSSR count). The minimum Gasteiger partial charge on any atom is -0.377 e. The molecule has 0 fully saturated rings. The van der Waals surface area contributed by atoms with Crippen LogP contribution >= 0.6 is 11.8 Å². The molecule has 0 spiro atoms. The largest absolute Gasteiger partial charge is 0.377 e. The van der Waals surface area contributed by atoms with Crippen molar-refractivity contribution in [3.05, 3.63) is 71.3 Å². The highest BCUT2D eigenvalue weighted by molar-refractivity contribution is 8.13. The molecule has 0 saturated carbocycles. The first-order valence-corrected chi connectivity index (χ1v) is 10.3. The first-order valence-electron chi connectivity index (χ1n) is 9.33. The minimum atomic E-state index is 0.469. The van der Waals surface area contributed by atoms with Crippen LogP contribution < -0.4 is 5.73 Å². The van der Waals surface area contributed by atoms with Gasteiger partial charge in [0, 0.05) is 24.4 Å². The molecule has 0 bridgehead atoms. The van der Waals surface area contributed by atoms with E-state index < -0.39 is 0 Å². The quantitative estimate of drug-likeness (QED) is 0.402. The molecule has 0 saturated heterocycles. The predicted molar refractivity (Wildman–Crippen MR) is 119 cm³/mol. The molecule has 0 atom stereocenters. The van der Waals surface area contributed by atoms with E-state index in [1.54, 1.807) is 6.21 Å². The number of amidine groups is 1. The molecule has 2 aromatic carbocycles. The third-order valence-electron chi connectivity index (χ3n) is 4.24. The fraction of sp³-hybridized carbons (Fsp3) is 0.364. The molecule has 0 amide bonds. The number of nitrogens with zero attached hydrogens (tertiary/aromatic N) is 3. The lowest BCUT2D eigenvalue weighted by Crippen LogP contribution is -2.36. The van der Waals surface area contributed by atoms with Crippen molar-refractivity contribution in [2.45, 2.75) is 52.1 Å². The second-order valence-corrected chi connectivity index (χ2v) is 8.06. The van der Waals surface area contributed by atoms with Gasteiger partial charge in [0.05, 0.1) is 6.21 Å². The van der Waals surface area contributed by atoms with Crippen molar-refractivity contribution in [1.82, 2.24) is 4.90 Å². The molecule has 0 unspecified atom stereocenters. The van der Waals surface area contributed by atoms with Crippen LogP contribution in [0.3, 0.4) is 0 Å². The molecule has 4 nitrogen and oxygen atoms in total. The van der Waals surface area contributed by atoms with Crippen molar-refractivity contribution >= 4 is 23.1 Å². The molecular formula is C22H30N4S. The summed E-state index contributed by atoms with van der Waals surface area (Å²) < 4.78 is 0. The Morgan fingerprint density at radius 2 is 1.67 bits per heavy atom. The van der Waals surface area contributed by atoms with E-state index >= 15 is 0 Å². The van der Waals surface area contributed by atoms with E-state index in [9.17, 15) is 0 Å². The Kier molecular flexibility index (Phi) is 8.55. The monoisotopic (exact) mass is 382 g/mol. The number of nitrogens with two attached hydrogens (primary N) is 1. The van der Waals surface area contributed by atoms with E-state index in [1.165, 1.54) is 22.9 Å². The lowest BCUT2D eigenvalue weighted by molar-refractivity contribution is 0.166. The number of benzene rings is 2. The summed E-state index contributed by atoms with van der Waals surface area (Å²) in [4.78, 5) is 2.46. The van der Waals surface area contributed by atoms with Crippen LogP contribution in [0.2, 0.25) is 0 Å². The van der Waals surface area contributed by atoms with Crippen molar-refractivity contribution in [3.8, 4) is 0 Å². The maximum atomic E-state index is 5.94. The molecule has 2 N–H and O–H groups in total. The molecule has 0 aliphatic heterocycles. The lowest BCUT2D eigenvalue weighted by Gasteiger charge is -2.30. The topological polar surface area (TPSA) is 54.0 Å². The first-order chi connectivity index (χ1) is 13.0. The minimum absolute atomic E-state index is 0.469. The van der Waals surface area contributed by atoms with Gasteiger partial charge in [-0.05, 0) is 50.5 Å². The summed E-state index contributed by atoms with van der Waals surface area (Å²) in [7, 11) is 0. The average Bonchev–Trinajstić information content (AvgIpc) is 2.65. The molecule has 0 aromatic heterocycles. The normalized spacial score (nSPS) is 12.6. The SMILES string of the molecule is CC(C)N(Cc1cccc(C=NN=C(N)SCc2ccccc2)c1)C(C)C. The summed E-state index contributed by atoms with van der Waals surface area (Å²) >= 11 is 1.49. The summed E-state index contributed by atoms with van der Waals surface area (Å²) in [6.45, 7) is 9.85. The number of hydrogen-bond donors (Lipinski definition) is 1. The summed E-state index contributed by atoms with van der Waals surface area (Å²) in [5.74, 6) is 0.793. The van der Waals surface area contributed by atoms with Crippen LogP contribution in [0.15, 0.2) is 64.8 Å². The van der Waals surface area contributed by atoms with Crippen molar-refractivity contribution in [2.24, 2.45) is 15.9 Å². The van der Waals surface area contributed by atoms with Gasteiger partial charge in [-0.2, -0.15) is 5.10 Å². The highest BCUT2D eigenvalue weighted by atomic mass is 32.2. The Bertz CT molecular complexity index is 746. The molecule has 0 heterocycles. The van der Waals surface area contributed by atoms with Gasteiger partial charge >= 0.3 is 0 Å².